The third kappa shape index (κ3) is 36.9. The Balaban J connectivity index is 0.000000670. The maximum atomic E-state index is 12.7. The van der Waals surface area contributed by atoms with Crippen LogP contribution in [-0.4, -0.2) is 11.7 Å². The van der Waals surface area contributed by atoms with Crippen LogP contribution < -0.4 is 9.13 Å². The summed E-state index contributed by atoms with van der Waals surface area (Å²) in [5.74, 6) is -0.812. The van der Waals surface area contributed by atoms with Crippen LogP contribution in [0.3, 0.4) is 0 Å². The van der Waals surface area contributed by atoms with Gasteiger partial charge < -0.3 is 4.74 Å². The molecule has 0 radical (unpaired) electrons. The van der Waals surface area contributed by atoms with E-state index in [0.717, 1.165) is 70.8 Å². The summed E-state index contributed by atoms with van der Waals surface area (Å²) in [4.78, 5) is 11.7. The van der Waals surface area contributed by atoms with E-state index in [0.29, 0.717) is 34.9 Å². The molecule has 0 aliphatic rings. The molecule has 1 aromatic heterocycles. The minimum Gasteiger partial charge on any atom is -0.406 e. The molecular formula is C86H99F27N2O2+2. The Hall–Kier alpha value is -8.80. The summed E-state index contributed by atoms with van der Waals surface area (Å²) in [6, 6.07) is 29.5. The van der Waals surface area contributed by atoms with Crippen LogP contribution in [0.4, 0.5) is 123 Å². The first-order valence-electron chi connectivity index (χ1n) is 36.3. The molecule has 0 spiro atoms. The van der Waals surface area contributed by atoms with Crippen molar-refractivity contribution in [3.05, 3.63) is 271 Å². The molecule has 0 atom stereocenters. The number of nitrogens with zero attached hydrogens (tertiary/aromatic N) is 2. The van der Waals surface area contributed by atoms with E-state index in [1.165, 1.54) is 86.9 Å². The molecule has 117 heavy (non-hydrogen) atoms. The van der Waals surface area contributed by atoms with E-state index < -0.39 is 123 Å². The molecule has 0 amide bonds. The highest BCUT2D eigenvalue weighted by Crippen LogP contribution is 2.45. The van der Waals surface area contributed by atoms with Crippen LogP contribution in [0.25, 0.3) is 0 Å². The average molecular weight is 1710 g/mol. The molecule has 0 fully saturated rings. The summed E-state index contributed by atoms with van der Waals surface area (Å²) in [5, 5.41) is 0. The monoisotopic (exact) mass is 1700 g/mol. The van der Waals surface area contributed by atoms with Crippen molar-refractivity contribution in [3.63, 3.8) is 0 Å². The molecule has 0 bridgehead atoms. The van der Waals surface area contributed by atoms with Crippen molar-refractivity contribution in [1.29, 1.82) is 0 Å². The third-order valence-electron chi connectivity index (χ3n) is 16.5. The summed E-state index contributed by atoms with van der Waals surface area (Å²) in [6.45, 7) is 37.5. The zero-order valence-corrected chi connectivity index (χ0v) is 68.2. The molecule has 0 aliphatic carbocycles. The Bertz CT molecular complexity index is 4330. The molecule has 0 unspecified atom stereocenters. The van der Waals surface area contributed by atoms with Gasteiger partial charge in [0.2, 0.25) is 24.8 Å². The highest BCUT2D eigenvalue weighted by Gasteiger charge is 2.46. The Morgan fingerprint density at radius 1 is 0.282 bits per heavy atom. The van der Waals surface area contributed by atoms with Crippen LogP contribution in [0.1, 0.15) is 279 Å². The van der Waals surface area contributed by atoms with Crippen molar-refractivity contribution in [1.82, 2.24) is 0 Å². The summed E-state index contributed by atoms with van der Waals surface area (Å²) in [6.07, 6.45) is -34.0. The highest BCUT2D eigenvalue weighted by atomic mass is 19.4. The Kier molecular flexibility index (Phi) is 39.3. The topological polar surface area (TPSA) is 34.1 Å². The van der Waals surface area contributed by atoms with Crippen molar-refractivity contribution in [2.24, 2.45) is 0 Å². The lowest BCUT2D eigenvalue weighted by Gasteiger charge is -2.20. The summed E-state index contributed by atoms with van der Waals surface area (Å²) < 4.78 is 344. The fourth-order valence-corrected chi connectivity index (χ4v) is 10.4. The number of benzene rings is 7. The molecule has 7 aromatic carbocycles. The lowest BCUT2D eigenvalue weighted by Crippen LogP contribution is -2.49. The van der Waals surface area contributed by atoms with Crippen molar-refractivity contribution < 1.29 is 137 Å². The first-order chi connectivity index (χ1) is 52.7. The average Bonchev–Trinajstić information content (AvgIpc) is 0.821. The molecule has 0 N–H and O–H groups in total. The number of alkyl halides is 27. The number of rotatable bonds is 8. The van der Waals surface area contributed by atoms with Crippen molar-refractivity contribution in [3.8, 4) is 0 Å². The van der Waals surface area contributed by atoms with Crippen LogP contribution in [0.15, 0.2) is 170 Å². The van der Waals surface area contributed by atoms with Crippen LogP contribution in [0, 0.1) is 13.8 Å². The standard InChI is InChI=1S/C12H20N2O2.2C11H10F6.2C11H13F3.3C10H11F3/c1-10(2)13-6-8-14(9-7-13)11(15)16-12(3,4)5;1-6(2)8-4-3-7(10(12,13)14)5-9(8)11(15,16)17;1-6(2)7-4-3-5-8(10(12,13)14)9(7)11(15,16)17;1-7(2)9-4-8(3)5-10(6-9)11(12,13)14;1-7(2)9-6-8(3)4-5-10(9)11(12,13)14;1-7(2)8-3-5-9(6-4-8)10(11,12)13;1-7(2)8-4-3-5-9(6-8)10(11,12)13;1-7(2)8-5-3-4-6-9(8)10(11,12)13/h6-10H,1-5H3;2*3-6H,1-2H3;2*4-7H,1-3H3;3*3-7H,1-2H3/q+2;;;;;;;. The first-order valence-corrected chi connectivity index (χ1v) is 36.3. The van der Waals surface area contributed by atoms with Crippen molar-refractivity contribution in [2.75, 3.05) is 0 Å². The molecule has 0 saturated carbocycles. The first kappa shape index (κ1) is 106. The van der Waals surface area contributed by atoms with Gasteiger partial charge >= 0.3 is 61.7 Å². The SMILES string of the molecule is CC(C)[n+]1cc[n+](C(=O)OC(C)(C)C)cc1.CC(C)c1ccc(C(F)(F)F)cc1.CC(C)c1ccc(C(F)(F)F)cc1C(F)(F)F.CC(C)c1cccc(C(F)(F)F)c1.CC(C)c1cccc(C(F)(F)F)c1C(F)(F)F.CC(C)c1ccccc1C(F)(F)F.Cc1cc(C(C)C)cc(C(F)(F)F)c1.Cc1ccc(C(F)(F)F)c(C(C)C)c1. The predicted octanol–water partition coefficient (Wildman–Crippen LogP) is 31.1. The van der Waals surface area contributed by atoms with E-state index in [1.54, 1.807) is 78.2 Å². The molecule has 0 saturated heterocycles. The minimum absolute atomic E-state index is 0.0992. The van der Waals surface area contributed by atoms with Gasteiger partial charge in [0.15, 0.2) is 6.04 Å². The second-order valence-electron chi connectivity index (χ2n) is 30.2. The number of carbonyl (C=O) groups excluding carboxylic acids is 1. The molecule has 8 rings (SSSR count). The lowest BCUT2D eigenvalue weighted by atomic mass is 9.92. The minimum atomic E-state index is -5.01. The molecule has 8 aromatic rings. The number of hydrogen-bond acceptors (Lipinski definition) is 2. The Morgan fingerprint density at radius 3 is 1.04 bits per heavy atom. The predicted molar refractivity (Wildman–Crippen MR) is 397 cm³/mol. The third-order valence-corrected chi connectivity index (χ3v) is 16.5. The fraction of sp³-hybridized carbons (Fsp3) is 0.453. The second-order valence-corrected chi connectivity index (χ2v) is 30.2. The molecule has 0 aliphatic heterocycles. The normalized spacial score (nSPS) is 12.4. The van der Waals surface area contributed by atoms with Crippen molar-refractivity contribution in [2.45, 2.75) is 254 Å². The summed E-state index contributed by atoms with van der Waals surface area (Å²) >= 11 is 0. The quantitative estimate of drug-likeness (QED) is 0.112. The van der Waals surface area contributed by atoms with Crippen LogP contribution in [-0.2, 0) is 60.3 Å². The molecule has 4 nitrogen and oxygen atoms in total. The number of hydrogen-bond donors (Lipinski definition) is 0. The van der Waals surface area contributed by atoms with Gasteiger partial charge in [-0.15, -0.1) is 0 Å². The van der Waals surface area contributed by atoms with Crippen LogP contribution >= 0.6 is 0 Å². The van der Waals surface area contributed by atoms with Gasteiger partial charge in [-0.25, -0.2) is 0 Å². The molecule has 1 heterocycles. The van der Waals surface area contributed by atoms with Gasteiger partial charge in [-0.3, -0.25) is 0 Å². The lowest BCUT2D eigenvalue weighted by molar-refractivity contribution is -0.735. The van der Waals surface area contributed by atoms with E-state index in [-0.39, 0.29) is 52.9 Å². The van der Waals surface area contributed by atoms with Gasteiger partial charge in [0.1, 0.15) is 5.60 Å². The highest BCUT2D eigenvalue weighted by molar-refractivity contribution is 5.57. The van der Waals surface area contributed by atoms with Gasteiger partial charge in [-0.05, 0) is 189 Å². The van der Waals surface area contributed by atoms with Gasteiger partial charge in [-0.2, -0.15) is 128 Å². The largest absolute Gasteiger partial charge is 0.602 e. The Labute approximate surface area is 665 Å². The van der Waals surface area contributed by atoms with Gasteiger partial charge in [0.05, 0.1) is 50.1 Å². The Morgan fingerprint density at radius 2 is 0.658 bits per heavy atom. The van der Waals surface area contributed by atoms with Gasteiger partial charge in [0.25, 0.3) is 0 Å². The van der Waals surface area contributed by atoms with Crippen LogP contribution in [0.2, 0.25) is 0 Å². The van der Waals surface area contributed by atoms with Gasteiger partial charge in [-0.1, -0.05) is 198 Å². The number of carbonyl (C=O) groups is 1. The van der Waals surface area contributed by atoms with Crippen LogP contribution in [0.5, 0.6) is 0 Å². The van der Waals surface area contributed by atoms with Gasteiger partial charge in [0, 0.05) is 0 Å². The smallest absolute Gasteiger partial charge is 0.406 e. The van der Waals surface area contributed by atoms with E-state index in [9.17, 15) is 123 Å². The zero-order chi connectivity index (χ0) is 91.2. The number of aromatic nitrogens is 2. The van der Waals surface area contributed by atoms with E-state index in [2.05, 4.69) is 13.8 Å². The number of ether oxygens (including phenoxy) is 1. The maximum absolute atomic E-state index is 12.7. The molecule has 652 valence electrons. The molecular weight excluding hydrogens is 1610 g/mol. The maximum Gasteiger partial charge on any atom is 0.602 e. The van der Waals surface area contributed by atoms with E-state index in [1.807, 2.05) is 79.3 Å². The second kappa shape index (κ2) is 43.2. The molecule has 31 heteroatoms. The zero-order valence-electron chi connectivity index (χ0n) is 68.2. The summed E-state index contributed by atoms with van der Waals surface area (Å²) in [7, 11) is 0. The van der Waals surface area contributed by atoms with Crippen molar-refractivity contribution >= 4 is 6.09 Å². The fourth-order valence-electron chi connectivity index (χ4n) is 10.4. The van der Waals surface area contributed by atoms with E-state index in [4.69, 9.17) is 4.74 Å². The summed E-state index contributed by atoms with van der Waals surface area (Å²) in [5.41, 5.74) is -4.78. The van der Waals surface area contributed by atoms with E-state index >= 15 is 0 Å². The number of halogens is 27. The number of aryl methyl sites for hydroxylation is 2.